The second-order valence-electron chi connectivity index (χ2n) is 0. The van der Waals surface area contributed by atoms with Gasteiger partial charge in [-0.05, 0) is 0 Å². The van der Waals surface area contributed by atoms with Crippen molar-refractivity contribution in [3.05, 3.63) is 0 Å². The molecule has 21 valence electrons. The van der Waals surface area contributed by atoms with Gasteiger partial charge in [0.2, 0.25) is 0 Å². The predicted octanol–water partition coefficient (Wildman–Crippen LogP) is -0.949. The van der Waals surface area contributed by atoms with E-state index in [1.165, 1.54) is 0 Å². The number of rotatable bonds is 0. The maximum absolute atomic E-state index is 2.15. The predicted molar refractivity (Wildman–Crippen MR) is 31.1 cm³/mol. The molecule has 0 nitrogen and oxygen atoms in total. The Morgan fingerprint density at radius 1 is 1.25 bits per heavy atom. The van der Waals surface area contributed by atoms with Crippen LogP contribution in [0.3, 0.4) is 0 Å². The average molecular weight is 426 g/mol. The SMILES string of the molecule is [CaH2].[PbH2].[Ti][I]. The monoisotopic (exact) mass is 427 g/mol. The van der Waals surface area contributed by atoms with E-state index in [0.717, 1.165) is 0 Å². The van der Waals surface area contributed by atoms with Crippen LogP contribution in [-0.2, 0) is 16.7 Å². The summed E-state index contributed by atoms with van der Waals surface area (Å²) in [5, 5.41) is 0. The van der Waals surface area contributed by atoms with Gasteiger partial charge < -0.3 is 0 Å². The molecule has 0 amide bonds. The Morgan fingerprint density at radius 3 is 1.25 bits per heavy atom. The van der Waals surface area contributed by atoms with Crippen molar-refractivity contribution in [3.8, 4) is 0 Å². The maximum atomic E-state index is 2.15. The summed E-state index contributed by atoms with van der Waals surface area (Å²) in [7, 11) is 0. The first kappa shape index (κ1) is 15.6. The summed E-state index contributed by atoms with van der Waals surface area (Å²) < 4.78 is 0. The molecule has 0 rings (SSSR count). The van der Waals surface area contributed by atoms with E-state index in [-0.39, 0.29) is 65.0 Å². The van der Waals surface area contributed by atoms with Gasteiger partial charge in [-0.1, -0.05) is 0 Å². The molecule has 0 saturated heterocycles. The number of hydrogen-bond donors (Lipinski definition) is 0. The van der Waals surface area contributed by atoms with Crippen molar-refractivity contribution in [2.75, 3.05) is 0 Å². The van der Waals surface area contributed by atoms with Crippen molar-refractivity contribution in [2.24, 2.45) is 0 Å². The summed E-state index contributed by atoms with van der Waals surface area (Å²) in [6.07, 6.45) is 0. The molecule has 0 fully saturated rings. The zero-order valence-corrected chi connectivity index (χ0v) is 10.8. The third-order valence-electron chi connectivity index (χ3n) is 0. The molecule has 4 heteroatoms. The van der Waals surface area contributed by atoms with E-state index in [9.17, 15) is 0 Å². The van der Waals surface area contributed by atoms with Crippen LogP contribution in [0.15, 0.2) is 0 Å². The van der Waals surface area contributed by atoms with Crippen LogP contribution in [-0.4, -0.2) is 65.0 Å². The molecule has 0 aromatic carbocycles. The fourth-order valence-electron chi connectivity index (χ4n) is 0. The molecular weight excluding hydrogens is 422 g/mol. The Kier molecular flexibility index (Phi) is 62.4. The van der Waals surface area contributed by atoms with Crippen LogP contribution in [0.4, 0.5) is 0 Å². The second-order valence-corrected chi connectivity index (χ2v) is 0. The van der Waals surface area contributed by atoms with Crippen LogP contribution in [0.5, 0.6) is 0 Å². The molecule has 2 radical (unpaired) electrons. The summed E-state index contributed by atoms with van der Waals surface area (Å²) in [5.41, 5.74) is 0. The van der Waals surface area contributed by atoms with E-state index in [4.69, 9.17) is 0 Å². The Morgan fingerprint density at radius 2 is 1.25 bits per heavy atom. The van der Waals surface area contributed by atoms with Gasteiger partial charge in [0.05, 0.1) is 0 Å². The van der Waals surface area contributed by atoms with Gasteiger partial charge in [-0.25, -0.2) is 0 Å². The molecule has 4 heavy (non-hydrogen) atoms. The molecule has 0 bridgehead atoms. The molecule has 0 unspecified atom stereocenters. The van der Waals surface area contributed by atoms with Crippen molar-refractivity contribution in [1.29, 1.82) is 0 Å². The van der Waals surface area contributed by atoms with E-state index in [0.29, 0.717) is 0 Å². The molecule has 0 atom stereocenters. The van der Waals surface area contributed by atoms with Crippen molar-refractivity contribution in [3.63, 3.8) is 0 Å². The Bertz CT molecular complexity index is 8.00. The van der Waals surface area contributed by atoms with Crippen LogP contribution in [0, 0.1) is 0 Å². The first-order chi connectivity index (χ1) is 1.00. The van der Waals surface area contributed by atoms with Crippen LogP contribution < -0.4 is 0 Å². The summed E-state index contributed by atoms with van der Waals surface area (Å²) in [5.74, 6) is 0. The van der Waals surface area contributed by atoms with Gasteiger partial charge in [-0.15, -0.1) is 0 Å². The normalized spacial score (nSPS) is 1.00. The minimum atomic E-state index is 0. The third kappa shape index (κ3) is 9.16. The minimum absolute atomic E-state index is 0. The molecule has 0 aliphatic carbocycles. The summed E-state index contributed by atoms with van der Waals surface area (Å²) >= 11 is 4.12. The Labute approximate surface area is 98.1 Å². The van der Waals surface area contributed by atoms with E-state index in [1.807, 2.05) is 16.7 Å². The van der Waals surface area contributed by atoms with Crippen LogP contribution >= 0.6 is 19.2 Å². The van der Waals surface area contributed by atoms with E-state index in [1.54, 1.807) is 0 Å². The quantitative estimate of drug-likeness (QED) is 0.347. The number of hydrogen-bond acceptors (Lipinski definition) is 0. The van der Waals surface area contributed by atoms with Gasteiger partial charge in [-0.3, -0.25) is 0 Å². The fraction of sp³-hybridized carbons (Fsp3) is 0. The van der Waals surface area contributed by atoms with Gasteiger partial charge in [0.25, 0.3) is 0 Å². The average Bonchev–Trinajstić information content (AvgIpc) is 1.00. The van der Waals surface area contributed by atoms with E-state index in [2.05, 4.69) is 19.2 Å². The van der Waals surface area contributed by atoms with E-state index < -0.39 is 0 Å². The third-order valence-corrected chi connectivity index (χ3v) is 0. The van der Waals surface area contributed by atoms with Crippen molar-refractivity contribution in [2.45, 2.75) is 0 Å². The molecule has 0 aromatic heterocycles. The van der Waals surface area contributed by atoms with E-state index >= 15 is 0 Å². The standard InChI is InChI=1S/Ca.HI.Pb.Ti.4H/h;1H;;;;;;/q;;;+1;;;;/p-1. The first-order valence-corrected chi connectivity index (χ1v) is 5.23. The molecule has 0 aliphatic heterocycles. The molecule has 0 saturated carbocycles. The van der Waals surface area contributed by atoms with Crippen molar-refractivity contribution in [1.82, 2.24) is 0 Å². The Balaban J connectivity index is -0.00000000500. The zero-order chi connectivity index (χ0) is 2.00. The first-order valence-electron chi connectivity index (χ1n) is 0.189. The summed E-state index contributed by atoms with van der Waals surface area (Å²) in [6, 6.07) is 0. The van der Waals surface area contributed by atoms with Crippen LogP contribution in [0.1, 0.15) is 0 Å². The van der Waals surface area contributed by atoms with Gasteiger partial charge in [0, 0.05) is 0 Å². The fourth-order valence-corrected chi connectivity index (χ4v) is 0. The molecular formula is H4CaIPbTi. The van der Waals surface area contributed by atoms with Crippen molar-refractivity contribution < 1.29 is 16.7 Å². The van der Waals surface area contributed by atoms with Gasteiger partial charge in [0.15, 0.2) is 0 Å². The Hall–Kier alpha value is 3.63. The summed E-state index contributed by atoms with van der Waals surface area (Å²) in [6.45, 7) is 0. The molecule has 0 heterocycles. The molecule has 0 spiro atoms. The van der Waals surface area contributed by atoms with Gasteiger partial charge >= 0.3 is 101 Å². The molecule has 0 aliphatic rings. The van der Waals surface area contributed by atoms with Gasteiger partial charge in [-0.2, -0.15) is 0 Å². The second kappa shape index (κ2) is 16.0. The molecule has 0 N–H and O–H groups in total. The van der Waals surface area contributed by atoms with Crippen LogP contribution in [0.2, 0.25) is 0 Å². The topological polar surface area (TPSA) is 0 Å². The van der Waals surface area contributed by atoms with Gasteiger partial charge in [0.1, 0.15) is 0 Å². The zero-order valence-electron chi connectivity index (χ0n) is 1.59. The summed E-state index contributed by atoms with van der Waals surface area (Å²) in [4.78, 5) is 0. The van der Waals surface area contributed by atoms with Crippen molar-refractivity contribution >= 4 is 84.2 Å². The molecule has 0 aromatic rings. The number of halogens is 1. The van der Waals surface area contributed by atoms with Crippen LogP contribution in [0.25, 0.3) is 0 Å².